The van der Waals surface area contributed by atoms with Gasteiger partial charge in [-0.05, 0) is 31.9 Å². The fourth-order valence-electron chi connectivity index (χ4n) is 2.62. The van der Waals surface area contributed by atoms with Crippen LogP contribution in [0.25, 0.3) is 0 Å². The lowest BCUT2D eigenvalue weighted by atomic mass is 9.98. The number of nitrogens with zero attached hydrogens (tertiary/aromatic N) is 1. The van der Waals surface area contributed by atoms with Crippen LogP contribution in [0.4, 0.5) is 0 Å². The van der Waals surface area contributed by atoms with Crippen molar-refractivity contribution < 1.29 is 19.1 Å². The standard InChI is InChI=1S/C17H23NO4/c1-2-21-17(20)15-9-6-10-18(11-15)12-16(19)22-13-14-7-4-3-5-8-14/h3-5,7-8,15H,2,6,9-13H2,1H3. The van der Waals surface area contributed by atoms with Crippen molar-refractivity contribution in [2.45, 2.75) is 26.4 Å². The number of piperidine rings is 1. The molecule has 0 spiro atoms. The first-order chi connectivity index (χ1) is 10.7. The number of esters is 2. The molecule has 5 nitrogen and oxygen atoms in total. The molecule has 1 aliphatic rings. The van der Waals surface area contributed by atoms with Crippen molar-refractivity contribution in [2.75, 3.05) is 26.2 Å². The van der Waals surface area contributed by atoms with E-state index in [1.807, 2.05) is 35.2 Å². The van der Waals surface area contributed by atoms with Crippen molar-refractivity contribution in [3.05, 3.63) is 35.9 Å². The van der Waals surface area contributed by atoms with Gasteiger partial charge >= 0.3 is 11.9 Å². The fourth-order valence-corrected chi connectivity index (χ4v) is 2.62. The molecular weight excluding hydrogens is 282 g/mol. The van der Waals surface area contributed by atoms with Gasteiger partial charge < -0.3 is 9.47 Å². The Balaban J connectivity index is 1.75. The van der Waals surface area contributed by atoms with Crippen molar-refractivity contribution in [3.8, 4) is 0 Å². The van der Waals surface area contributed by atoms with Crippen LogP contribution in [0.1, 0.15) is 25.3 Å². The van der Waals surface area contributed by atoms with Crippen LogP contribution in [-0.4, -0.2) is 43.1 Å². The van der Waals surface area contributed by atoms with Crippen LogP contribution < -0.4 is 0 Å². The molecule has 0 N–H and O–H groups in total. The predicted octanol–water partition coefficient (Wildman–Crippen LogP) is 2.00. The Bertz CT molecular complexity index is 489. The largest absolute Gasteiger partial charge is 0.466 e. The van der Waals surface area contributed by atoms with E-state index in [-0.39, 0.29) is 31.0 Å². The Labute approximate surface area is 131 Å². The molecule has 1 atom stereocenters. The molecule has 0 saturated carbocycles. The van der Waals surface area contributed by atoms with E-state index in [4.69, 9.17) is 9.47 Å². The van der Waals surface area contributed by atoms with Crippen molar-refractivity contribution in [1.82, 2.24) is 4.90 Å². The van der Waals surface area contributed by atoms with Gasteiger partial charge in [0, 0.05) is 6.54 Å². The molecule has 0 radical (unpaired) electrons. The van der Waals surface area contributed by atoms with E-state index in [1.165, 1.54) is 0 Å². The summed E-state index contributed by atoms with van der Waals surface area (Å²) in [4.78, 5) is 25.7. The number of carbonyl (C=O) groups excluding carboxylic acids is 2. The second kappa shape index (κ2) is 8.54. The molecule has 1 fully saturated rings. The maximum Gasteiger partial charge on any atom is 0.320 e. The highest BCUT2D eigenvalue weighted by molar-refractivity contribution is 5.74. The first-order valence-corrected chi connectivity index (χ1v) is 7.77. The Morgan fingerprint density at radius 1 is 1.23 bits per heavy atom. The molecule has 1 saturated heterocycles. The van der Waals surface area contributed by atoms with Gasteiger partial charge in [0.05, 0.1) is 19.1 Å². The molecule has 0 amide bonds. The molecule has 1 aromatic carbocycles. The Morgan fingerprint density at radius 3 is 2.73 bits per heavy atom. The van der Waals surface area contributed by atoms with Gasteiger partial charge in [0.2, 0.25) is 0 Å². The molecule has 0 aliphatic carbocycles. The minimum atomic E-state index is -0.256. The maximum absolute atomic E-state index is 11.9. The monoisotopic (exact) mass is 305 g/mol. The predicted molar refractivity (Wildman–Crippen MR) is 82.0 cm³/mol. The summed E-state index contributed by atoms with van der Waals surface area (Å²) in [6.45, 7) is 4.10. The molecule has 1 aliphatic heterocycles. The lowest BCUT2D eigenvalue weighted by Gasteiger charge is -2.30. The van der Waals surface area contributed by atoms with Gasteiger partial charge in [0.15, 0.2) is 0 Å². The summed E-state index contributed by atoms with van der Waals surface area (Å²) in [6, 6.07) is 9.60. The molecule has 1 aromatic rings. The number of hydrogen-bond acceptors (Lipinski definition) is 5. The van der Waals surface area contributed by atoms with Crippen LogP contribution in [0.3, 0.4) is 0 Å². The van der Waals surface area contributed by atoms with E-state index in [0.717, 1.165) is 24.9 Å². The van der Waals surface area contributed by atoms with Gasteiger partial charge in [-0.2, -0.15) is 0 Å². The van der Waals surface area contributed by atoms with Crippen molar-refractivity contribution in [2.24, 2.45) is 5.92 Å². The molecule has 1 unspecified atom stereocenters. The zero-order valence-electron chi connectivity index (χ0n) is 13.0. The summed E-state index contributed by atoms with van der Waals surface area (Å²) in [7, 11) is 0. The average molecular weight is 305 g/mol. The number of hydrogen-bond donors (Lipinski definition) is 0. The van der Waals surface area contributed by atoms with Crippen molar-refractivity contribution in [3.63, 3.8) is 0 Å². The Morgan fingerprint density at radius 2 is 2.00 bits per heavy atom. The number of likely N-dealkylation sites (tertiary alicyclic amines) is 1. The molecule has 120 valence electrons. The smallest absolute Gasteiger partial charge is 0.320 e. The highest BCUT2D eigenvalue weighted by Gasteiger charge is 2.27. The highest BCUT2D eigenvalue weighted by atomic mass is 16.5. The average Bonchev–Trinajstić information content (AvgIpc) is 2.54. The lowest BCUT2D eigenvalue weighted by Crippen LogP contribution is -2.42. The van der Waals surface area contributed by atoms with E-state index < -0.39 is 0 Å². The number of ether oxygens (including phenoxy) is 2. The van der Waals surface area contributed by atoms with E-state index in [0.29, 0.717) is 13.2 Å². The molecular formula is C17H23NO4. The van der Waals surface area contributed by atoms with Crippen LogP contribution in [0.2, 0.25) is 0 Å². The molecule has 2 rings (SSSR count). The van der Waals surface area contributed by atoms with Crippen LogP contribution in [0.15, 0.2) is 30.3 Å². The third-order valence-electron chi connectivity index (χ3n) is 3.72. The fraction of sp³-hybridized carbons (Fsp3) is 0.529. The van der Waals surface area contributed by atoms with Gasteiger partial charge in [-0.25, -0.2) is 0 Å². The van der Waals surface area contributed by atoms with Crippen LogP contribution in [0, 0.1) is 5.92 Å². The van der Waals surface area contributed by atoms with Crippen molar-refractivity contribution >= 4 is 11.9 Å². The van der Waals surface area contributed by atoms with E-state index in [1.54, 1.807) is 6.92 Å². The minimum absolute atomic E-state index is 0.129. The molecule has 0 aromatic heterocycles. The first kappa shape index (κ1) is 16.5. The summed E-state index contributed by atoms with van der Waals surface area (Å²) >= 11 is 0. The van der Waals surface area contributed by atoms with Gasteiger partial charge in [0.1, 0.15) is 6.61 Å². The minimum Gasteiger partial charge on any atom is -0.466 e. The third kappa shape index (κ3) is 5.15. The SMILES string of the molecule is CCOC(=O)C1CCCN(CC(=O)OCc2ccccc2)C1. The quantitative estimate of drug-likeness (QED) is 0.753. The topological polar surface area (TPSA) is 55.8 Å². The number of benzene rings is 1. The molecule has 5 heteroatoms. The summed E-state index contributed by atoms with van der Waals surface area (Å²) < 4.78 is 10.3. The molecule has 1 heterocycles. The van der Waals surface area contributed by atoms with Gasteiger partial charge in [-0.3, -0.25) is 14.5 Å². The van der Waals surface area contributed by atoms with Crippen molar-refractivity contribution in [1.29, 1.82) is 0 Å². The third-order valence-corrected chi connectivity index (χ3v) is 3.72. The Hall–Kier alpha value is -1.88. The summed E-state index contributed by atoms with van der Waals surface area (Å²) in [5.74, 6) is -0.547. The highest BCUT2D eigenvalue weighted by Crippen LogP contribution is 2.17. The van der Waals surface area contributed by atoms with Crippen LogP contribution in [0.5, 0.6) is 0 Å². The first-order valence-electron chi connectivity index (χ1n) is 7.77. The van der Waals surface area contributed by atoms with Gasteiger partial charge in [-0.1, -0.05) is 30.3 Å². The molecule has 0 bridgehead atoms. The zero-order chi connectivity index (χ0) is 15.8. The van der Waals surface area contributed by atoms with E-state index >= 15 is 0 Å². The Kier molecular flexibility index (Phi) is 6.40. The second-order valence-electron chi connectivity index (χ2n) is 5.47. The summed E-state index contributed by atoms with van der Waals surface area (Å²) in [5, 5.41) is 0. The maximum atomic E-state index is 11.9. The summed E-state index contributed by atoms with van der Waals surface area (Å²) in [5.41, 5.74) is 0.971. The normalized spacial score (nSPS) is 18.7. The molecule has 22 heavy (non-hydrogen) atoms. The second-order valence-corrected chi connectivity index (χ2v) is 5.47. The van der Waals surface area contributed by atoms with E-state index in [9.17, 15) is 9.59 Å². The lowest BCUT2D eigenvalue weighted by molar-refractivity contribution is -0.153. The van der Waals surface area contributed by atoms with Crippen LogP contribution in [-0.2, 0) is 25.7 Å². The zero-order valence-corrected chi connectivity index (χ0v) is 13.0. The van der Waals surface area contributed by atoms with Crippen LogP contribution >= 0.6 is 0 Å². The van der Waals surface area contributed by atoms with Gasteiger partial charge in [-0.15, -0.1) is 0 Å². The number of carbonyl (C=O) groups is 2. The number of rotatable bonds is 6. The van der Waals surface area contributed by atoms with Gasteiger partial charge in [0.25, 0.3) is 0 Å². The summed E-state index contributed by atoms with van der Waals surface area (Å²) in [6.07, 6.45) is 1.73. The van der Waals surface area contributed by atoms with E-state index in [2.05, 4.69) is 0 Å².